The number of carbonyl (C=O) groups is 3. The molecule has 0 bridgehead atoms. The summed E-state index contributed by atoms with van der Waals surface area (Å²) in [7, 11) is 10.8. The minimum Gasteiger partial charge on any atom is -0.379 e. The van der Waals surface area contributed by atoms with Crippen molar-refractivity contribution in [1.82, 2.24) is 25.8 Å². The third kappa shape index (κ3) is 12.1. The van der Waals surface area contributed by atoms with Gasteiger partial charge < -0.3 is 40.3 Å². The Labute approximate surface area is 314 Å². The van der Waals surface area contributed by atoms with Gasteiger partial charge in [-0.1, -0.05) is 67.0 Å². The lowest BCUT2D eigenvalue weighted by molar-refractivity contribution is -0.145. The molecule has 12 heteroatoms. The van der Waals surface area contributed by atoms with Crippen LogP contribution in [0.3, 0.4) is 0 Å². The van der Waals surface area contributed by atoms with Crippen molar-refractivity contribution in [3.63, 3.8) is 0 Å². The number of rotatable bonds is 22. The zero-order valence-electron chi connectivity index (χ0n) is 34.4. The third-order valence-electron chi connectivity index (χ3n) is 11.1. The summed E-state index contributed by atoms with van der Waals surface area (Å²) in [5.74, 6) is -0.705. The Morgan fingerprint density at radius 2 is 1.60 bits per heavy atom. The summed E-state index contributed by atoms with van der Waals surface area (Å²) >= 11 is 0. The number of ether oxygens (including phenoxy) is 2. The first-order chi connectivity index (χ1) is 24.5. The number of methoxy groups -OCH3 is 2. The first kappa shape index (κ1) is 45.4. The number of nitrogens with zero attached hydrogens (tertiary/aromatic N) is 3. The Hall–Kier alpha value is -2.77. The van der Waals surface area contributed by atoms with E-state index < -0.39 is 36.4 Å². The Balaban J connectivity index is 2.17. The normalized spacial score (nSPS) is 19.6. The van der Waals surface area contributed by atoms with Gasteiger partial charge in [0.25, 0.3) is 0 Å². The fourth-order valence-corrected chi connectivity index (χ4v) is 7.68. The molecule has 1 aliphatic rings. The number of amides is 3. The van der Waals surface area contributed by atoms with Crippen LogP contribution in [0.5, 0.6) is 0 Å². The molecule has 12 nitrogen and oxygen atoms in total. The minimum absolute atomic E-state index is 0.0589. The molecule has 1 heterocycles. The zero-order chi connectivity index (χ0) is 39.3. The molecule has 0 aliphatic carbocycles. The summed E-state index contributed by atoms with van der Waals surface area (Å²) in [6.07, 6.45) is 1.17. The largest absolute Gasteiger partial charge is 0.379 e. The standard InChI is InChI=1S/C40H72N6O6/c1-14-27(6)36(45(11)40(50)35(26(4)5)43-39(49)34(41-8)25(2)3)32(51-12)24-33(47)46-23-15-16-31(46)37(52-13)28(7)38(48)42-22-21-29-17-19-30(20-18-29)44(9)10/h17-20,25-28,31-32,34-37,40-41,50H,14-16,21-24H2,1-13H3,(H,42,48)(H,43,49)/t27?,28-,31+,32-,34+,35+,36+,37-,40?/m1/s1. The summed E-state index contributed by atoms with van der Waals surface area (Å²) in [4.78, 5) is 46.5. The summed E-state index contributed by atoms with van der Waals surface area (Å²) in [5.41, 5.74) is 2.27. The van der Waals surface area contributed by atoms with E-state index in [4.69, 9.17) is 9.47 Å². The minimum atomic E-state index is -1.02. The number of likely N-dealkylation sites (tertiary alicyclic amines) is 1. The lowest BCUT2D eigenvalue weighted by atomic mass is 9.89. The van der Waals surface area contributed by atoms with E-state index in [0.29, 0.717) is 13.1 Å². The molecule has 2 unspecified atom stereocenters. The van der Waals surface area contributed by atoms with Gasteiger partial charge in [0, 0.05) is 53.1 Å². The molecule has 1 aliphatic heterocycles. The smallest absolute Gasteiger partial charge is 0.237 e. The maximum absolute atomic E-state index is 14.1. The molecule has 9 atom stereocenters. The van der Waals surface area contributed by atoms with Crippen LogP contribution >= 0.6 is 0 Å². The van der Waals surface area contributed by atoms with Crippen LogP contribution in [-0.4, -0.2) is 131 Å². The van der Waals surface area contributed by atoms with E-state index in [9.17, 15) is 19.5 Å². The highest BCUT2D eigenvalue weighted by atomic mass is 16.5. The van der Waals surface area contributed by atoms with Crippen molar-refractivity contribution in [2.24, 2.45) is 23.7 Å². The molecule has 0 spiro atoms. The Kier molecular flexibility index (Phi) is 19.0. The maximum Gasteiger partial charge on any atom is 0.237 e. The summed E-state index contributed by atoms with van der Waals surface area (Å²) in [6, 6.07) is 6.80. The number of hydrogen-bond donors (Lipinski definition) is 4. The Bertz CT molecular complexity index is 1230. The van der Waals surface area contributed by atoms with Gasteiger partial charge in [-0.05, 0) is 68.8 Å². The van der Waals surface area contributed by atoms with Crippen LogP contribution in [0.4, 0.5) is 5.69 Å². The van der Waals surface area contributed by atoms with Gasteiger partial charge in [-0.2, -0.15) is 0 Å². The Morgan fingerprint density at radius 1 is 0.962 bits per heavy atom. The van der Waals surface area contributed by atoms with Gasteiger partial charge in [-0.25, -0.2) is 0 Å². The second kappa shape index (κ2) is 21.8. The van der Waals surface area contributed by atoms with Crippen LogP contribution in [0.2, 0.25) is 0 Å². The van der Waals surface area contributed by atoms with Gasteiger partial charge in [0.05, 0.1) is 42.7 Å². The molecule has 1 saturated heterocycles. The van der Waals surface area contributed by atoms with E-state index in [0.717, 1.165) is 36.9 Å². The van der Waals surface area contributed by atoms with Gasteiger partial charge in [0.1, 0.15) is 6.23 Å². The summed E-state index contributed by atoms with van der Waals surface area (Å²) in [6.45, 7) is 15.1. The van der Waals surface area contributed by atoms with Crippen molar-refractivity contribution in [1.29, 1.82) is 0 Å². The van der Waals surface area contributed by atoms with Gasteiger partial charge in [-0.3, -0.25) is 19.3 Å². The SMILES string of the molecule is CCC(C)[C@@H]([C@@H](CC(=O)N1CCC[C@H]1[C@H](OC)[C@@H](C)C(=O)NCCc1ccc(N(C)C)cc1)OC)N(C)C(O)[C@@H](NC(=O)[C@@H](NC)C(C)C)C(C)C. The van der Waals surface area contributed by atoms with Gasteiger partial charge in [0.15, 0.2) is 0 Å². The topological polar surface area (TPSA) is 136 Å². The number of carbonyl (C=O) groups excluding carboxylic acids is 3. The molecule has 0 saturated carbocycles. The average Bonchev–Trinajstić information content (AvgIpc) is 3.59. The van der Waals surface area contributed by atoms with Crippen LogP contribution in [0.15, 0.2) is 24.3 Å². The molecule has 1 aromatic rings. The number of aliphatic hydroxyl groups excluding tert-OH is 1. The van der Waals surface area contributed by atoms with Crippen molar-refractivity contribution in [2.45, 2.75) is 123 Å². The quantitative estimate of drug-likeness (QED) is 0.132. The van der Waals surface area contributed by atoms with E-state index in [1.54, 1.807) is 21.3 Å². The molecule has 52 heavy (non-hydrogen) atoms. The highest BCUT2D eigenvalue weighted by molar-refractivity contribution is 5.82. The van der Waals surface area contributed by atoms with E-state index >= 15 is 0 Å². The molecule has 3 amide bonds. The van der Waals surface area contributed by atoms with Crippen molar-refractivity contribution in [3.8, 4) is 0 Å². The second-order valence-corrected chi connectivity index (χ2v) is 15.6. The van der Waals surface area contributed by atoms with E-state index in [-0.39, 0.29) is 54.0 Å². The summed E-state index contributed by atoms with van der Waals surface area (Å²) < 4.78 is 12.0. The first-order valence-corrected chi connectivity index (χ1v) is 19.3. The number of anilines is 1. The van der Waals surface area contributed by atoms with Crippen molar-refractivity contribution < 1.29 is 29.0 Å². The first-order valence-electron chi connectivity index (χ1n) is 19.3. The number of likely N-dealkylation sites (N-methyl/N-ethyl adjacent to an activating group) is 2. The van der Waals surface area contributed by atoms with Gasteiger partial charge in [-0.15, -0.1) is 0 Å². The third-order valence-corrected chi connectivity index (χ3v) is 11.1. The number of aliphatic hydroxyl groups is 1. The van der Waals surface area contributed by atoms with Crippen LogP contribution in [0.1, 0.15) is 79.7 Å². The molecule has 1 fully saturated rings. The maximum atomic E-state index is 14.1. The second-order valence-electron chi connectivity index (χ2n) is 15.6. The molecule has 4 N–H and O–H groups in total. The van der Waals surface area contributed by atoms with Crippen molar-refractivity contribution >= 4 is 23.4 Å². The zero-order valence-corrected chi connectivity index (χ0v) is 34.4. The van der Waals surface area contributed by atoms with Crippen LogP contribution in [0, 0.1) is 23.7 Å². The molecular weight excluding hydrogens is 660 g/mol. The highest BCUT2D eigenvalue weighted by Gasteiger charge is 2.43. The lowest BCUT2D eigenvalue weighted by Crippen LogP contribution is -2.61. The van der Waals surface area contributed by atoms with Gasteiger partial charge >= 0.3 is 0 Å². The fraction of sp³-hybridized carbons (Fsp3) is 0.775. The van der Waals surface area contributed by atoms with Gasteiger partial charge in [0.2, 0.25) is 17.7 Å². The molecule has 1 aromatic carbocycles. The van der Waals surface area contributed by atoms with Crippen LogP contribution < -0.4 is 20.9 Å². The average molecular weight is 733 g/mol. The number of benzene rings is 1. The van der Waals surface area contributed by atoms with Crippen LogP contribution in [0.25, 0.3) is 0 Å². The summed E-state index contributed by atoms with van der Waals surface area (Å²) in [5, 5.41) is 21.1. The number of hydrogen-bond acceptors (Lipinski definition) is 9. The lowest BCUT2D eigenvalue weighted by Gasteiger charge is -2.44. The van der Waals surface area contributed by atoms with Crippen molar-refractivity contribution in [3.05, 3.63) is 29.8 Å². The van der Waals surface area contributed by atoms with Crippen molar-refractivity contribution in [2.75, 3.05) is 60.4 Å². The predicted molar refractivity (Wildman–Crippen MR) is 209 cm³/mol. The molecule has 298 valence electrons. The Morgan fingerprint density at radius 3 is 2.10 bits per heavy atom. The van der Waals surface area contributed by atoms with E-state index in [2.05, 4.69) is 59.0 Å². The highest BCUT2D eigenvalue weighted by Crippen LogP contribution is 2.30. The molecule has 2 rings (SSSR count). The van der Waals surface area contributed by atoms with E-state index in [1.807, 2.05) is 65.6 Å². The molecular formula is C40H72N6O6. The number of nitrogens with one attached hydrogen (secondary N) is 3. The monoisotopic (exact) mass is 733 g/mol. The molecule has 0 radical (unpaired) electrons. The van der Waals surface area contributed by atoms with Crippen LogP contribution in [-0.2, 0) is 30.3 Å². The molecule has 0 aromatic heterocycles. The van der Waals surface area contributed by atoms with E-state index in [1.165, 1.54) is 0 Å². The fourth-order valence-electron chi connectivity index (χ4n) is 7.68. The predicted octanol–water partition coefficient (Wildman–Crippen LogP) is 3.51.